The van der Waals surface area contributed by atoms with Crippen LogP contribution in [0.3, 0.4) is 0 Å². The number of hydrogen-bond donors (Lipinski definition) is 2. The topological polar surface area (TPSA) is 58.2 Å². The molecule has 0 aromatic heterocycles. The standard InChI is InChI=1S/C5H9N2O2/c1-2-6-5(9)7-3-4-8/h2-3H2,1H3,(H2,6,7,9). The van der Waals surface area contributed by atoms with Crippen LogP contribution in [0.15, 0.2) is 0 Å². The first-order valence-electron chi connectivity index (χ1n) is 2.68. The second-order valence-electron chi connectivity index (χ2n) is 1.36. The molecular weight excluding hydrogens is 120 g/mol. The monoisotopic (exact) mass is 129 g/mol. The number of amides is 2. The molecule has 4 nitrogen and oxygen atoms in total. The van der Waals surface area contributed by atoms with Crippen molar-refractivity contribution in [3.8, 4) is 0 Å². The van der Waals surface area contributed by atoms with Gasteiger partial charge in [0.2, 0.25) is 6.29 Å². The largest absolute Gasteiger partial charge is 0.338 e. The summed E-state index contributed by atoms with van der Waals surface area (Å²) in [6.45, 7) is 2.31. The van der Waals surface area contributed by atoms with E-state index in [1.807, 2.05) is 0 Å². The average Bonchev–Trinajstić information content (AvgIpc) is 1.85. The Balaban J connectivity index is 3.16. The van der Waals surface area contributed by atoms with Gasteiger partial charge in [-0.15, -0.1) is 0 Å². The Morgan fingerprint density at radius 2 is 2.22 bits per heavy atom. The Morgan fingerprint density at radius 3 is 2.67 bits per heavy atom. The lowest BCUT2D eigenvalue weighted by atomic mass is 10.7. The molecule has 0 bridgehead atoms. The van der Waals surface area contributed by atoms with Crippen molar-refractivity contribution in [3.05, 3.63) is 0 Å². The molecule has 9 heavy (non-hydrogen) atoms. The van der Waals surface area contributed by atoms with E-state index >= 15 is 0 Å². The SMILES string of the molecule is CCNC(=O)NC[C]=O. The third-order valence-corrected chi connectivity index (χ3v) is 0.658. The van der Waals surface area contributed by atoms with Crippen molar-refractivity contribution in [3.63, 3.8) is 0 Å². The van der Waals surface area contributed by atoms with Gasteiger partial charge in [-0.25, -0.2) is 4.79 Å². The summed E-state index contributed by atoms with van der Waals surface area (Å²) in [4.78, 5) is 19.9. The number of nitrogens with one attached hydrogen (secondary N) is 2. The van der Waals surface area contributed by atoms with E-state index in [2.05, 4.69) is 10.6 Å². The highest BCUT2D eigenvalue weighted by molar-refractivity contribution is 5.76. The summed E-state index contributed by atoms with van der Waals surface area (Å²) in [5.41, 5.74) is 0. The van der Waals surface area contributed by atoms with Crippen LogP contribution >= 0.6 is 0 Å². The molecule has 1 radical (unpaired) electrons. The lowest BCUT2D eigenvalue weighted by Gasteiger charge is -1.99. The van der Waals surface area contributed by atoms with Gasteiger partial charge in [0.1, 0.15) is 0 Å². The van der Waals surface area contributed by atoms with E-state index < -0.39 is 0 Å². The zero-order valence-corrected chi connectivity index (χ0v) is 5.23. The van der Waals surface area contributed by atoms with Gasteiger partial charge in [-0.1, -0.05) is 0 Å². The minimum absolute atomic E-state index is 0.0498. The van der Waals surface area contributed by atoms with Crippen molar-refractivity contribution in [2.45, 2.75) is 6.92 Å². The molecule has 2 N–H and O–H groups in total. The minimum atomic E-state index is -0.333. The molecule has 4 heteroatoms. The van der Waals surface area contributed by atoms with Gasteiger partial charge in [0, 0.05) is 6.54 Å². The van der Waals surface area contributed by atoms with E-state index in [9.17, 15) is 9.59 Å². The highest BCUT2D eigenvalue weighted by atomic mass is 16.2. The van der Waals surface area contributed by atoms with E-state index in [4.69, 9.17) is 0 Å². The second kappa shape index (κ2) is 5.08. The van der Waals surface area contributed by atoms with Crippen LogP contribution in [0.5, 0.6) is 0 Å². The molecule has 51 valence electrons. The molecule has 0 heterocycles. The van der Waals surface area contributed by atoms with Gasteiger partial charge >= 0.3 is 6.03 Å². The van der Waals surface area contributed by atoms with Gasteiger partial charge < -0.3 is 10.6 Å². The molecule has 0 rings (SSSR count). The Labute approximate surface area is 53.6 Å². The maximum atomic E-state index is 10.4. The van der Waals surface area contributed by atoms with E-state index in [1.54, 1.807) is 6.92 Å². The van der Waals surface area contributed by atoms with Crippen molar-refractivity contribution in [1.29, 1.82) is 0 Å². The summed E-state index contributed by atoms with van der Waals surface area (Å²) in [5, 5.41) is 4.71. The predicted molar refractivity (Wildman–Crippen MR) is 32.8 cm³/mol. The van der Waals surface area contributed by atoms with E-state index in [-0.39, 0.29) is 12.6 Å². The van der Waals surface area contributed by atoms with Crippen molar-refractivity contribution in [2.24, 2.45) is 0 Å². The average molecular weight is 129 g/mol. The van der Waals surface area contributed by atoms with Crippen LogP contribution in [0.2, 0.25) is 0 Å². The maximum Gasteiger partial charge on any atom is 0.315 e. The fourth-order valence-electron chi connectivity index (χ4n) is 0.339. The fourth-order valence-corrected chi connectivity index (χ4v) is 0.339. The number of hydrogen-bond acceptors (Lipinski definition) is 2. The summed E-state index contributed by atoms with van der Waals surface area (Å²) in [7, 11) is 0. The first kappa shape index (κ1) is 7.94. The third kappa shape index (κ3) is 4.80. The van der Waals surface area contributed by atoms with E-state index in [0.717, 1.165) is 0 Å². The summed E-state index contributed by atoms with van der Waals surface area (Å²) < 4.78 is 0. The van der Waals surface area contributed by atoms with Crippen molar-refractivity contribution in [2.75, 3.05) is 13.1 Å². The third-order valence-electron chi connectivity index (χ3n) is 0.658. The van der Waals surface area contributed by atoms with Crippen LogP contribution in [0.4, 0.5) is 4.79 Å². The number of rotatable bonds is 3. The number of carbonyl (C=O) groups is 1. The minimum Gasteiger partial charge on any atom is -0.338 e. The van der Waals surface area contributed by atoms with Crippen LogP contribution in [0, 0.1) is 0 Å². The first-order valence-corrected chi connectivity index (χ1v) is 2.68. The molecule has 0 aliphatic heterocycles. The van der Waals surface area contributed by atoms with Gasteiger partial charge in [-0.05, 0) is 6.92 Å². The van der Waals surface area contributed by atoms with Crippen molar-refractivity contribution >= 4 is 12.3 Å². The molecule has 0 saturated carbocycles. The van der Waals surface area contributed by atoms with Crippen molar-refractivity contribution in [1.82, 2.24) is 10.6 Å². The van der Waals surface area contributed by atoms with Gasteiger partial charge in [-0.3, -0.25) is 4.79 Å². The molecule has 2 amide bonds. The summed E-state index contributed by atoms with van der Waals surface area (Å²) in [5.74, 6) is 0. The highest BCUT2D eigenvalue weighted by Crippen LogP contribution is 1.59. The molecule has 0 aliphatic carbocycles. The lowest BCUT2D eigenvalue weighted by molar-refractivity contribution is 0.242. The quantitative estimate of drug-likeness (QED) is 0.535. The Kier molecular flexibility index (Phi) is 4.49. The molecule has 0 fully saturated rings. The Hall–Kier alpha value is -1.06. The highest BCUT2D eigenvalue weighted by Gasteiger charge is 1.92. The van der Waals surface area contributed by atoms with Crippen molar-refractivity contribution < 1.29 is 9.59 Å². The lowest BCUT2D eigenvalue weighted by Crippen LogP contribution is -2.36. The molecule has 0 aromatic carbocycles. The van der Waals surface area contributed by atoms with E-state index in [0.29, 0.717) is 6.54 Å². The van der Waals surface area contributed by atoms with Crippen LogP contribution in [0.1, 0.15) is 6.92 Å². The number of urea groups is 1. The zero-order valence-electron chi connectivity index (χ0n) is 5.23. The molecule has 0 saturated heterocycles. The Morgan fingerprint density at radius 1 is 1.56 bits per heavy atom. The molecule has 0 aromatic rings. The Bertz CT molecular complexity index is 103. The van der Waals surface area contributed by atoms with Crippen LogP contribution in [-0.4, -0.2) is 25.4 Å². The van der Waals surface area contributed by atoms with Crippen LogP contribution < -0.4 is 10.6 Å². The summed E-state index contributed by atoms with van der Waals surface area (Å²) in [6, 6.07) is -0.333. The molecular formula is C5H9N2O2. The van der Waals surface area contributed by atoms with Crippen LogP contribution in [0.25, 0.3) is 0 Å². The smallest absolute Gasteiger partial charge is 0.315 e. The second-order valence-corrected chi connectivity index (χ2v) is 1.36. The van der Waals surface area contributed by atoms with Gasteiger partial charge in [0.25, 0.3) is 0 Å². The fraction of sp³-hybridized carbons (Fsp3) is 0.600. The molecule has 0 unspecified atom stereocenters. The summed E-state index contributed by atoms with van der Waals surface area (Å²) >= 11 is 0. The predicted octanol–water partition coefficient (Wildman–Crippen LogP) is -0.585. The first-order chi connectivity index (χ1) is 4.31. The van der Waals surface area contributed by atoms with E-state index in [1.165, 1.54) is 6.29 Å². The summed E-state index contributed by atoms with van der Waals surface area (Å²) in [6.07, 6.45) is 1.54. The van der Waals surface area contributed by atoms with Gasteiger partial charge in [0.05, 0.1) is 6.54 Å². The zero-order chi connectivity index (χ0) is 7.11. The molecule has 0 atom stereocenters. The van der Waals surface area contributed by atoms with Gasteiger partial charge in [0.15, 0.2) is 0 Å². The van der Waals surface area contributed by atoms with Gasteiger partial charge in [-0.2, -0.15) is 0 Å². The molecule has 0 aliphatic rings. The normalized spacial score (nSPS) is 8.11. The van der Waals surface area contributed by atoms with Crippen LogP contribution in [-0.2, 0) is 4.79 Å². The maximum absolute atomic E-state index is 10.4. The molecule has 0 spiro atoms. The number of carbonyl (C=O) groups excluding carboxylic acids is 2.